The van der Waals surface area contributed by atoms with E-state index in [1.54, 1.807) is 0 Å². The largest absolute Gasteiger partial charge is 0.386 e. The van der Waals surface area contributed by atoms with Gasteiger partial charge in [0.25, 0.3) is 0 Å². The van der Waals surface area contributed by atoms with Gasteiger partial charge < -0.3 is 9.29 Å². The third kappa shape index (κ3) is 1.24. The van der Waals surface area contributed by atoms with Crippen molar-refractivity contribution in [1.29, 1.82) is 0 Å². The van der Waals surface area contributed by atoms with Crippen LogP contribution in [0.1, 0.15) is 20.7 Å². The zero-order valence-electron chi connectivity index (χ0n) is 6.72. The van der Waals surface area contributed by atoms with Crippen molar-refractivity contribution in [3.05, 3.63) is 29.3 Å². The van der Waals surface area contributed by atoms with Crippen LogP contribution in [0, 0.1) is 0 Å². The van der Waals surface area contributed by atoms with Crippen molar-refractivity contribution in [2.45, 2.75) is 4.90 Å². The summed E-state index contributed by atoms with van der Waals surface area (Å²) in [6.45, 7) is 0. The summed E-state index contributed by atoms with van der Waals surface area (Å²) >= 11 is -2.17. The van der Waals surface area contributed by atoms with E-state index in [4.69, 9.17) is 4.55 Å². The van der Waals surface area contributed by atoms with Gasteiger partial charge >= 0.3 is 11.9 Å². The van der Waals surface area contributed by atoms with E-state index in [0.29, 0.717) is 0 Å². The number of carbonyl (C=O) groups excluding carboxylic acids is 2. The highest BCUT2D eigenvalue weighted by Crippen LogP contribution is 2.22. The molecule has 1 heterocycles. The lowest BCUT2D eigenvalue weighted by Crippen LogP contribution is -1.97. The Balaban J connectivity index is 2.61. The van der Waals surface area contributed by atoms with Crippen molar-refractivity contribution in [3.8, 4) is 0 Å². The molecule has 0 amide bonds. The Kier molecular flexibility index (Phi) is 1.94. The van der Waals surface area contributed by atoms with Crippen molar-refractivity contribution >= 4 is 23.0 Å². The standard InChI is InChI=1S/C8H4O5S/c9-7-5-2-1-4(14(11)12)3-6(5)8(10)13-7/h1-3H,(H,11,12). The fraction of sp³-hybridized carbons (Fsp3) is 0. The number of benzene rings is 1. The fourth-order valence-electron chi connectivity index (χ4n) is 1.17. The van der Waals surface area contributed by atoms with Gasteiger partial charge in [-0.1, -0.05) is 0 Å². The predicted octanol–water partition coefficient (Wildman–Crippen LogP) is 0.578. The molecule has 1 aromatic rings. The Hall–Kier alpha value is -1.53. The normalized spacial score (nSPS) is 16.4. The van der Waals surface area contributed by atoms with Crippen molar-refractivity contribution in [2.24, 2.45) is 0 Å². The number of cyclic esters (lactones) is 2. The first-order valence-corrected chi connectivity index (χ1v) is 4.71. The van der Waals surface area contributed by atoms with Crippen molar-refractivity contribution in [2.75, 3.05) is 0 Å². The van der Waals surface area contributed by atoms with Gasteiger partial charge in [-0.15, -0.1) is 0 Å². The van der Waals surface area contributed by atoms with Crippen LogP contribution in [0.5, 0.6) is 0 Å². The highest BCUT2D eigenvalue weighted by atomic mass is 32.2. The Morgan fingerprint density at radius 1 is 1.14 bits per heavy atom. The molecule has 72 valence electrons. The summed E-state index contributed by atoms with van der Waals surface area (Å²) in [5, 5.41) is 0. The smallest absolute Gasteiger partial charge is 0.346 e. The molecule has 2 rings (SSSR count). The van der Waals surface area contributed by atoms with Gasteiger partial charge in [-0.25, -0.2) is 13.8 Å². The molecule has 0 aliphatic carbocycles. The molecule has 0 saturated heterocycles. The first kappa shape index (κ1) is 9.04. The third-order valence-electron chi connectivity index (χ3n) is 1.82. The monoisotopic (exact) mass is 212 g/mol. The van der Waals surface area contributed by atoms with Crippen LogP contribution in [0.15, 0.2) is 23.1 Å². The molecule has 0 bridgehead atoms. The minimum absolute atomic E-state index is 0.0369. The molecule has 1 N–H and O–H groups in total. The maximum absolute atomic E-state index is 11.0. The molecular weight excluding hydrogens is 208 g/mol. The SMILES string of the molecule is O=C1OC(=O)c2cc(S(=O)O)ccc21. The number of hydrogen-bond donors (Lipinski definition) is 1. The molecule has 0 saturated carbocycles. The number of fused-ring (bicyclic) bond motifs is 1. The molecule has 0 fully saturated rings. The Morgan fingerprint density at radius 3 is 2.43 bits per heavy atom. The summed E-state index contributed by atoms with van der Waals surface area (Å²) in [5.74, 6) is -1.50. The lowest BCUT2D eigenvalue weighted by Gasteiger charge is -1.95. The highest BCUT2D eigenvalue weighted by Gasteiger charge is 2.29. The fourth-order valence-corrected chi connectivity index (χ4v) is 1.58. The topological polar surface area (TPSA) is 80.7 Å². The summed E-state index contributed by atoms with van der Waals surface area (Å²) in [4.78, 5) is 22.1. The molecule has 1 aliphatic heterocycles. The third-order valence-corrected chi connectivity index (χ3v) is 2.48. The summed E-state index contributed by atoms with van der Waals surface area (Å²) in [5.41, 5.74) is 0.166. The van der Waals surface area contributed by atoms with Crippen LogP contribution in [0.3, 0.4) is 0 Å². The number of carbonyl (C=O) groups is 2. The molecular formula is C8H4O5S. The van der Waals surface area contributed by atoms with Crippen molar-refractivity contribution in [1.82, 2.24) is 0 Å². The van der Waals surface area contributed by atoms with E-state index in [1.165, 1.54) is 18.2 Å². The quantitative estimate of drug-likeness (QED) is 0.418. The molecule has 1 unspecified atom stereocenters. The van der Waals surface area contributed by atoms with E-state index in [9.17, 15) is 13.8 Å². The molecule has 1 aromatic carbocycles. The van der Waals surface area contributed by atoms with E-state index in [1.807, 2.05) is 0 Å². The second-order valence-electron chi connectivity index (χ2n) is 2.63. The minimum atomic E-state index is -2.17. The van der Waals surface area contributed by atoms with Crippen LogP contribution < -0.4 is 0 Å². The molecule has 1 aliphatic rings. The Labute approximate surface area is 81.0 Å². The van der Waals surface area contributed by atoms with E-state index in [2.05, 4.69) is 4.74 Å². The van der Waals surface area contributed by atoms with Crippen molar-refractivity contribution in [3.63, 3.8) is 0 Å². The van der Waals surface area contributed by atoms with Gasteiger partial charge in [0, 0.05) is 0 Å². The van der Waals surface area contributed by atoms with Gasteiger partial charge in [-0.3, -0.25) is 0 Å². The first-order chi connectivity index (χ1) is 6.59. The van der Waals surface area contributed by atoms with Crippen molar-refractivity contribution < 1.29 is 23.1 Å². The maximum Gasteiger partial charge on any atom is 0.346 e. The molecule has 0 aromatic heterocycles. The summed E-state index contributed by atoms with van der Waals surface area (Å²) < 4.78 is 23.7. The number of ether oxygens (including phenoxy) is 1. The lowest BCUT2D eigenvalue weighted by atomic mass is 10.1. The molecule has 0 radical (unpaired) electrons. The maximum atomic E-state index is 11.0. The van der Waals surface area contributed by atoms with E-state index < -0.39 is 23.0 Å². The van der Waals surface area contributed by atoms with E-state index >= 15 is 0 Å². The minimum Gasteiger partial charge on any atom is -0.386 e. The number of rotatable bonds is 1. The summed E-state index contributed by atoms with van der Waals surface area (Å²) in [7, 11) is 0. The van der Waals surface area contributed by atoms with Crippen LogP contribution in [0.25, 0.3) is 0 Å². The van der Waals surface area contributed by atoms with Crippen LogP contribution in [0.4, 0.5) is 0 Å². The highest BCUT2D eigenvalue weighted by molar-refractivity contribution is 7.79. The molecule has 5 nitrogen and oxygen atoms in total. The zero-order valence-corrected chi connectivity index (χ0v) is 7.54. The second kappa shape index (κ2) is 3.00. The van der Waals surface area contributed by atoms with Crippen LogP contribution in [0.2, 0.25) is 0 Å². The molecule has 14 heavy (non-hydrogen) atoms. The Bertz CT molecular complexity index is 465. The van der Waals surface area contributed by atoms with Crippen LogP contribution in [-0.2, 0) is 15.8 Å². The summed E-state index contributed by atoms with van der Waals surface area (Å²) in [6, 6.07) is 3.78. The van der Waals surface area contributed by atoms with Crippen LogP contribution in [-0.4, -0.2) is 20.7 Å². The zero-order chi connectivity index (χ0) is 10.3. The van der Waals surface area contributed by atoms with Gasteiger partial charge in [0.15, 0.2) is 11.1 Å². The Morgan fingerprint density at radius 2 is 1.79 bits per heavy atom. The first-order valence-electron chi connectivity index (χ1n) is 3.61. The average Bonchev–Trinajstić information content (AvgIpc) is 2.42. The van der Waals surface area contributed by atoms with E-state index in [0.717, 1.165) is 0 Å². The summed E-state index contributed by atoms with van der Waals surface area (Å²) in [6.07, 6.45) is 0. The van der Waals surface area contributed by atoms with Gasteiger partial charge in [0.1, 0.15) is 0 Å². The second-order valence-corrected chi connectivity index (χ2v) is 3.60. The molecule has 6 heteroatoms. The molecule has 0 spiro atoms. The number of esters is 2. The van der Waals surface area contributed by atoms with Gasteiger partial charge in [-0.05, 0) is 18.2 Å². The molecule has 1 atom stereocenters. The van der Waals surface area contributed by atoms with E-state index in [-0.39, 0.29) is 16.0 Å². The van der Waals surface area contributed by atoms with Crippen LogP contribution >= 0.6 is 0 Å². The van der Waals surface area contributed by atoms with Gasteiger partial charge in [-0.2, -0.15) is 0 Å². The van der Waals surface area contributed by atoms with Gasteiger partial charge in [0.05, 0.1) is 16.0 Å². The number of hydrogen-bond acceptors (Lipinski definition) is 4. The predicted molar refractivity (Wildman–Crippen MR) is 45.2 cm³/mol. The average molecular weight is 212 g/mol. The van der Waals surface area contributed by atoms with Gasteiger partial charge in [0.2, 0.25) is 0 Å². The lowest BCUT2D eigenvalue weighted by molar-refractivity contribution is 0.0444.